The van der Waals surface area contributed by atoms with E-state index in [1.165, 1.54) is 38.5 Å². The number of amides is 1. The van der Waals surface area contributed by atoms with Gasteiger partial charge in [0.2, 0.25) is 5.91 Å². The van der Waals surface area contributed by atoms with E-state index in [0.29, 0.717) is 0 Å². The average Bonchev–Trinajstić information content (AvgIpc) is 2.22. The highest BCUT2D eigenvalue weighted by Gasteiger charge is 2.33. The lowest BCUT2D eigenvalue weighted by molar-refractivity contribution is -0.128. The molecule has 2 N–H and O–H groups in total. The predicted molar refractivity (Wildman–Crippen MR) is 65.2 cm³/mol. The van der Waals surface area contributed by atoms with Crippen molar-refractivity contribution in [2.45, 2.75) is 57.4 Å². The lowest BCUT2D eigenvalue weighted by Gasteiger charge is -2.34. The van der Waals surface area contributed by atoms with Crippen LogP contribution >= 0.6 is 0 Å². The molecule has 3 heteroatoms. The number of carbonyl (C=O) groups excluding carboxylic acids is 1. The summed E-state index contributed by atoms with van der Waals surface area (Å²) in [5.74, 6) is 1.08. The zero-order chi connectivity index (χ0) is 11.4. The molecular formula is C13H24N2O. The second-order valence-corrected chi connectivity index (χ2v) is 5.56. The van der Waals surface area contributed by atoms with E-state index in [1.807, 2.05) is 6.92 Å². The van der Waals surface area contributed by atoms with Gasteiger partial charge in [-0.25, -0.2) is 0 Å². The molecule has 1 aliphatic carbocycles. The normalized spacial score (nSPS) is 30.8. The molecule has 0 aromatic heterocycles. The van der Waals surface area contributed by atoms with Crippen LogP contribution in [0, 0.1) is 5.92 Å². The molecule has 92 valence electrons. The fraction of sp³-hybridized carbons (Fsp3) is 0.923. The minimum absolute atomic E-state index is 0.200. The number of rotatable bonds is 4. The van der Waals surface area contributed by atoms with Crippen molar-refractivity contribution in [1.29, 1.82) is 0 Å². The molecule has 1 heterocycles. The third-order valence-corrected chi connectivity index (χ3v) is 4.18. The number of piperidine rings is 1. The Kier molecular flexibility index (Phi) is 3.85. The summed E-state index contributed by atoms with van der Waals surface area (Å²) < 4.78 is 0. The lowest BCUT2D eigenvalue weighted by Crippen LogP contribution is -2.57. The molecule has 1 aliphatic heterocycles. The fourth-order valence-corrected chi connectivity index (χ4v) is 2.62. The number of hydrogen-bond acceptors (Lipinski definition) is 2. The van der Waals surface area contributed by atoms with Gasteiger partial charge in [-0.1, -0.05) is 19.3 Å². The van der Waals surface area contributed by atoms with Crippen molar-refractivity contribution in [3.05, 3.63) is 0 Å². The molecule has 0 aromatic carbocycles. The van der Waals surface area contributed by atoms with Crippen LogP contribution in [0.1, 0.15) is 51.9 Å². The maximum absolute atomic E-state index is 12.0. The molecular weight excluding hydrogens is 200 g/mol. The zero-order valence-corrected chi connectivity index (χ0v) is 10.3. The largest absolute Gasteiger partial charge is 0.354 e. The monoisotopic (exact) mass is 224 g/mol. The van der Waals surface area contributed by atoms with E-state index in [1.54, 1.807) is 0 Å². The van der Waals surface area contributed by atoms with Crippen molar-refractivity contribution in [3.8, 4) is 0 Å². The van der Waals surface area contributed by atoms with E-state index in [2.05, 4.69) is 10.6 Å². The predicted octanol–water partition coefficient (Wildman–Crippen LogP) is 1.82. The van der Waals surface area contributed by atoms with E-state index < -0.39 is 0 Å². The van der Waals surface area contributed by atoms with Crippen LogP contribution in [-0.2, 0) is 4.79 Å². The van der Waals surface area contributed by atoms with Crippen molar-refractivity contribution >= 4 is 5.91 Å². The summed E-state index contributed by atoms with van der Waals surface area (Å²) in [6.45, 7) is 3.87. The summed E-state index contributed by atoms with van der Waals surface area (Å²) in [7, 11) is 0. The van der Waals surface area contributed by atoms with E-state index in [-0.39, 0.29) is 11.4 Å². The number of hydrogen-bond donors (Lipinski definition) is 2. The Morgan fingerprint density at radius 2 is 2.19 bits per heavy atom. The topological polar surface area (TPSA) is 41.1 Å². The van der Waals surface area contributed by atoms with Crippen LogP contribution in [-0.4, -0.2) is 24.5 Å². The molecule has 0 spiro atoms. The Bertz CT molecular complexity index is 242. The maximum Gasteiger partial charge on any atom is 0.240 e. The fourth-order valence-electron chi connectivity index (χ4n) is 2.62. The molecule has 1 amide bonds. The third kappa shape index (κ3) is 2.76. The number of carbonyl (C=O) groups is 1. The SMILES string of the molecule is CC1(C(=O)NCCC2CCC2)CCCCN1. The quantitative estimate of drug-likeness (QED) is 0.765. The van der Waals surface area contributed by atoms with Crippen molar-refractivity contribution in [2.75, 3.05) is 13.1 Å². The van der Waals surface area contributed by atoms with Crippen molar-refractivity contribution < 1.29 is 4.79 Å². The molecule has 1 atom stereocenters. The Morgan fingerprint density at radius 3 is 2.75 bits per heavy atom. The van der Waals surface area contributed by atoms with Gasteiger partial charge in [0, 0.05) is 6.54 Å². The summed E-state index contributed by atoms with van der Waals surface area (Å²) in [5, 5.41) is 6.44. The Labute approximate surface area is 98.4 Å². The van der Waals surface area contributed by atoms with Gasteiger partial charge in [0.15, 0.2) is 0 Å². The minimum atomic E-state index is -0.308. The second kappa shape index (κ2) is 5.17. The van der Waals surface area contributed by atoms with E-state index >= 15 is 0 Å². The highest BCUT2D eigenvalue weighted by Crippen LogP contribution is 2.28. The Balaban J connectivity index is 1.69. The maximum atomic E-state index is 12.0. The summed E-state index contributed by atoms with van der Waals surface area (Å²) in [6.07, 6.45) is 8.63. The van der Waals surface area contributed by atoms with Gasteiger partial charge < -0.3 is 10.6 Å². The van der Waals surface area contributed by atoms with Crippen molar-refractivity contribution in [2.24, 2.45) is 5.92 Å². The molecule has 16 heavy (non-hydrogen) atoms. The van der Waals surface area contributed by atoms with Gasteiger partial charge in [-0.3, -0.25) is 4.79 Å². The second-order valence-electron chi connectivity index (χ2n) is 5.56. The highest BCUT2D eigenvalue weighted by molar-refractivity contribution is 5.85. The summed E-state index contributed by atoms with van der Waals surface area (Å²) in [6, 6.07) is 0. The van der Waals surface area contributed by atoms with Crippen LogP contribution in [0.3, 0.4) is 0 Å². The van der Waals surface area contributed by atoms with Crippen molar-refractivity contribution in [3.63, 3.8) is 0 Å². The van der Waals surface area contributed by atoms with Gasteiger partial charge in [0.1, 0.15) is 0 Å². The van der Waals surface area contributed by atoms with Gasteiger partial charge in [0.25, 0.3) is 0 Å². The van der Waals surface area contributed by atoms with E-state index in [9.17, 15) is 4.79 Å². The smallest absolute Gasteiger partial charge is 0.240 e. The molecule has 1 unspecified atom stereocenters. The van der Waals surface area contributed by atoms with E-state index in [0.717, 1.165) is 25.4 Å². The number of nitrogens with one attached hydrogen (secondary N) is 2. The van der Waals surface area contributed by atoms with Gasteiger partial charge in [-0.15, -0.1) is 0 Å². The van der Waals surface area contributed by atoms with Crippen LogP contribution in [0.2, 0.25) is 0 Å². The van der Waals surface area contributed by atoms with Crippen LogP contribution in [0.25, 0.3) is 0 Å². The zero-order valence-electron chi connectivity index (χ0n) is 10.3. The van der Waals surface area contributed by atoms with Crippen LogP contribution < -0.4 is 10.6 Å². The van der Waals surface area contributed by atoms with Crippen molar-refractivity contribution in [1.82, 2.24) is 10.6 Å². The molecule has 0 radical (unpaired) electrons. The van der Waals surface area contributed by atoms with Gasteiger partial charge in [-0.05, 0) is 45.1 Å². The first kappa shape index (κ1) is 11.9. The first-order chi connectivity index (χ1) is 7.71. The van der Waals surface area contributed by atoms with Crippen LogP contribution in [0.15, 0.2) is 0 Å². The molecule has 2 fully saturated rings. The molecule has 0 aromatic rings. The molecule has 2 rings (SSSR count). The first-order valence-electron chi connectivity index (χ1n) is 6.74. The molecule has 1 saturated heterocycles. The van der Waals surface area contributed by atoms with Crippen LogP contribution in [0.4, 0.5) is 0 Å². The summed E-state index contributed by atoms with van der Waals surface area (Å²) in [5.41, 5.74) is -0.308. The minimum Gasteiger partial charge on any atom is -0.354 e. The molecule has 3 nitrogen and oxygen atoms in total. The lowest BCUT2D eigenvalue weighted by atomic mass is 9.83. The van der Waals surface area contributed by atoms with Gasteiger partial charge in [-0.2, -0.15) is 0 Å². The highest BCUT2D eigenvalue weighted by atomic mass is 16.2. The summed E-state index contributed by atoms with van der Waals surface area (Å²) in [4.78, 5) is 12.0. The van der Waals surface area contributed by atoms with Crippen LogP contribution in [0.5, 0.6) is 0 Å². The Hall–Kier alpha value is -0.570. The summed E-state index contributed by atoms with van der Waals surface area (Å²) >= 11 is 0. The third-order valence-electron chi connectivity index (χ3n) is 4.18. The standard InChI is InChI=1S/C13H24N2O/c1-13(8-2-3-9-15-13)12(16)14-10-7-11-5-4-6-11/h11,15H,2-10H2,1H3,(H,14,16). The first-order valence-corrected chi connectivity index (χ1v) is 6.74. The van der Waals surface area contributed by atoms with Gasteiger partial charge >= 0.3 is 0 Å². The molecule has 1 saturated carbocycles. The average molecular weight is 224 g/mol. The molecule has 2 aliphatic rings. The molecule has 0 bridgehead atoms. The van der Waals surface area contributed by atoms with E-state index in [4.69, 9.17) is 0 Å². The van der Waals surface area contributed by atoms with Gasteiger partial charge in [0.05, 0.1) is 5.54 Å². The Morgan fingerprint density at radius 1 is 1.38 bits per heavy atom.